The highest BCUT2D eigenvalue weighted by Crippen LogP contribution is 2.13. The fraction of sp³-hybridized carbons (Fsp3) is 0.625. The van der Waals surface area contributed by atoms with Crippen molar-refractivity contribution in [2.75, 3.05) is 6.61 Å². The number of ketones is 2. The van der Waals surface area contributed by atoms with Crippen molar-refractivity contribution >= 4 is 17.9 Å². The van der Waals surface area contributed by atoms with E-state index in [1.54, 1.807) is 0 Å². The normalized spacial score (nSPS) is 23.2. The second kappa shape index (κ2) is 4.11. The van der Waals surface area contributed by atoms with Crippen LogP contribution in [0.25, 0.3) is 0 Å². The van der Waals surface area contributed by atoms with Crippen LogP contribution in [-0.2, 0) is 19.1 Å². The Kier molecular flexibility index (Phi) is 3.10. The Labute approximate surface area is 69.9 Å². The number of carbonyl (C=O) groups excluding carboxylic acids is 3. The van der Waals surface area contributed by atoms with Crippen molar-refractivity contribution in [3.05, 3.63) is 0 Å². The first-order valence-corrected chi connectivity index (χ1v) is 3.90. The van der Waals surface area contributed by atoms with Crippen LogP contribution in [0, 0.1) is 0 Å². The third-order valence-electron chi connectivity index (χ3n) is 1.82. The van der Waals surface area contributed by atoms with Crippen molar-refractivity contribution in [3.63, 3.8) is 0 Å². The van der Waals surface area contributed by atoms with Gasteiger partial charge in [0.1, 0.15) is 6.10 Å². The molecule has 66 valence electrons. The zero-order valence-corrected chi connectivity index (χ0v) is 6.62. The molecule has 0 bridgehead atoms. The molecule has 4 nitrogen and oxygen atoms in total. The number of Topliss-reactive ketones (excluding diaryl/α,β-unsaturated/α-hetero) is 2. The summed E-state index contributed by atoms with van der Waals surface area (Å²) in [6.07, 6.45) is 1.72. The third-order valence-corrected chi connectivity index (χ3v) is 1.82. The minimum absolute atomic E-state index is 0.0420. The molecule has 1 rings (SSSR count). The van der Waals surface area contributed by atoms with E-state index in [9.17, 15) is 14.4 Å². The molecule has 0 spiro atoms. The van der Waals surface area contributed by atoms with E-state index in [4.69, 9.17) is 4.74 Å². The summed E-state index contributed by atoms with van der Waals surface area (Å²) in [5, 5.41) is 0. The van der Waals surface area contributed by atoms with Crippen LogP contribution < -0.4 is 0 Å². The van der Waals surface area contributed by atoms with Gasteiger partial charge < -0.3 is 4.74 Å². The maximum absolute atomic E-state index is 11.0. The SMILES string of the molecule is O=CC(=O)C(=O)C1CCCCO1. The van der Waals surface area contributed by atoms with E-state index in [1.807, 2.05) is 0 Å². The lowest BCUT2D eigenvalue weighted by Crippen LogP contribution is -2.34. The molecule has 0 aromatic carbocycles. The highest BCUT2D eigenvalue weighted by atomic mass is 16.5. The topological polar surface area (TPSA) is 60.4 Å². The lowest BCUT2D eigenvalue weighted by molar-refractivity contribution is -0.147. The van der Waals surface area contributed by atoms with E-state index in [0.29, 0.717) is 13.0 Å². The van der Waals surface area contributed by atoms with Crippen molar-refractivity contribution in [2.45, 2.75) is 25.4 Å². The van der Waals surface area contributed by atoms with Gasteiger partial charge in [0.15, 0.2) is 6.29 Å². The number of hydrogen-bond donors (Lipinski definition) is 0. The lowest BCUT2D eigenvalue weighted by Gasteiger charge is -2.19. The molecule has 0 amide bonds. The van der Waals surface area contributed by atoms with Gasteiger partial charge in [-0.3, -0.25) is 14.4 Å². The lowest BCUT2D eigenvalue weighted by atomic mass is 10.0. The Morgan fingerprint density at radius 3 is 2.58 bits per heavy atom. The average Bonchev–Trinajstić information content (AvgIpc) is 2.17. The zero-order chi connectivity index (χ0) is 8.97. The van der Waals surface area contributed by atoms with Gasteiger partial charge in [0, 0.05) is 6.61 Å². The summed E-state index contributed by atoms with van der Waals surface area (Å²) in [6.45, 7) is 0.503. The van der Waals surface area contributed by atoms with Crippen LogP contribution in [0.2, 0.25) is 0 Å². The second-order valence-electron chi connectivity index (χ2n) is 2.70. The first-order valence-electron chi connectivity index (χ1n) is 3.90. The molecule has 0 aromatic rings. The van der Waals surface area contributed by atoms with Crippen molar-refractivity contribution in [3.8, 4) is 0 Å². The molecular weight excluding hydrogens is 160 g/mol. The van der Waals surface area contributed by atoms with Crippen LogP contribution in [0.5, 0.6) is 0 Å². The molecule has 12 heavy (non-hydrogen) atoms. The molecular formula is C8H10O4. The van der Waals surface area contributed by atoms with E-state index in [1.165, 1.54) is 0 Å². The monoisotopic (exact) mass is 170 g/mol. The zero-order valence-electron chi connectivity index (χ0n) is 6.62. The fourth-order valence-electron chi connectivity index (χ4n) is 1.16. The van der Waals surface area contributed by atoms with E-state index >= 15 is 0 Å². The molecule has 0 N–H and O–H groups in total. The van der Waals surface area contributed by atoms with Crippen molar-refractivity contribution in [2.24, 2.45) is 0 Å². The minimum Gasteiger partial charge on any atom is -0.370 e. The quantitative estimate of drug-likeness (QED) is 0.337. The van der Waals surface area contributed by atoms with Gasteiger partial charge in [0.25, 0.3) is 5.78 Å². The standard InChI is InChI=1S/C8H10O4/c9-5-6(10)8(11)7-3-1-2-4-12-7/h5,7H,1-4H2. The molecule has 1 saturated heterocycles. The summed E-state index contributed by atoms with van der Waals surface area (Å²) >= 11 is 0. The Morgan fingerprint density at radius 1 is 1.33 bits per heavy atom. The van der Waals surface area contributed by atoms with Gasteiger partial charge in [-0.05, 0) is 19.3 Å². The number of rotatable bonds is 3. The first-order chi connectivity index (χ1) is 5.75. The van der Waals surface area contributed by atoms with Crippen LogP contribution in [-0.4, -0.2) is 30.6 Å². The predicted molar refractivity (Wildman–Crippen MR) is 39.7 cm³/mol. The van der Waals surface area contributed by atoms with Gasteiger partial charge in [-0.1, -0.05) is 0 Å². The molecule has 0 aromatic heterocycles. The molecule has 1 unspecified atom stereocenters. The Balaban J connectivity index is 2.50. The molecule has 1 fully saturated rings. The summed E-state index contributed by atoms with van der Waals surface area (Å²) < 4.78 is 5.03. The molecule has 1 aliphatic heterocycles. The van der Waals surface area contributed by atoms with Gasteiger partial charge in [0.2, 0.25) is 5.78 Å². The molecule has 1 atom stereocenters. The Morgan fingerprint density at radius 2 is 2.08 bits per heavy atom. The van der Waals surface area contributed by atoms with Crippen LogP contribution in [0.1, 0.15) is 19.3 Å². The van der Waals surface area contributed by atoms with E-state index in [-0.39, 0.29) is 6.29 Å². The van der Waals surface area contributed by atoms with Crippen molar-refractivity contribution < 1.29 is 19.1 Å². The number of carbonyl (C=O) groups is 3. The predicted octanol–water partition coefficient (Wildman–Crippen LogP) is -0.107. The van der Waals surface area contributed by atoms with Gasteiger partial charge in [-0.25, -0.2) is 0 Å². The van der Waals surface area contributed by atoms with E-state index < -0.39 is 17.7 Å². The highest BCUT2D eigenvalue weighted by molar-refractivity contribution is 6.58. The number of ether oxygens (including phenoxy) is 1. The molecule has 1 heterocycles. The first kappa shape index (κ1) is 9.06. The summed E-state index contributed by atoms with van der Waals surface area (Å²) in [5.74, 6) is -1.69. The minimum atomic E-state index is -0.984. The third kappa shape index (κ3) is 1.98. The molecule has 0 saturated carbocycles. The second-order valence-corrected chi connectivity index (χ2v) is 2.70. The van der Waals surface area contributed by atoms with Gasteiger partial charge in [0.05, 0.1) is 0 Å². The van der Waals surface area contributed by atoms with Crippen molar-refractivity contribution in [1.29, 1.82) is 0 Å². The van der Waals surface area contributed by atoms with Crippen LogP contribution >= 0.6 is 0 Å². The summed E-state index contributed by atoms with van der Waals surface area (Å²) in [4.78, 5) is 31.6. The van der Waals surface area contributed by atoms with Crippen LogP contribution in [0.3, 0.4) is 0 Å². The molecule has 1 aliphatic rings. The van der Waals surface area contributed by atoms with Crippen molar-refractivity contribution in [1.82, 2.24) is 0 Å². The number of aldehydes is 1. The Bertz CT molecular complexity index is 203. The molecule has 0 aliphatic carbocycles. The summed E-state index contributed by atoms with van der Waals surface area (Å²) in [5.41, 5.74) is 0. The summed E-state index contributed by atoms with van der Waals surface area (Å²) in [6, 6.07) is 0. The van der Waals surface area contributed by atoms with Crippen LogP contribution in [0.4, 0.5) is 0 Å². The highest BCUT2D eigenvalue weighted by Gasteiger charge is 2.26. The van der Waals surface area contributed by atoms with E-state index in [0.717, 1.165) is 12.8 Å². The maximum Gasteiger partial charge on any atom is 0.263 e. The maximum atomic E-state index is 11.0. The van der Waals surface area contributed by atoms with Gasteiger partial charge >= 0.3 is 0 Å². The smallest absolute Gasteiger partial charge is 0.263 e. The molecule has 0 radical (unpaired) electrons. The van der Waals surface area contributed by atoms with Crippen LogP contribution in [0.15, 0.2) is 0 Å². The number of hydrogen-bond acceptors (Lipinski definition) is 4. The van der Waals surface area contributed by atoms with Gasteiger partial charge in [-0.15, -0.1) is 0 Å². The van der Waals surface area contributed by atoms with Gasteiger partial charge in [-0.2, -0.15) is 0 Å². The summed E-state index contributed by atoms with van der Waals surface area (Å²) in [7, 11) is 0. The Hall–Kier alpha value is -1.03. The largest absolute Gasteiger partial charge is 0.370 e. The fourth-order valence-corrected chi connectivity index (χ4v) is 1.16. The average molecular weight is 170 g/mol. The van der Waals surface area contributed by atoms with E-state index in [2.05, 4.69) is 0 Å². The molecule has 4 heteroatoms.